The molecule has 0 saturated carbocycles. The van der Waals surface area contributed by atoms with Gasteiger partial charge in [0.05, 0.1) is 0 Å². The Bertz CT molecular complexity index is 189. The summed E-state index contributed by atoms with van der Waals surface area (Å²) in [5.41, 5.74) is 0. The van der Waals surface area contributed by atoms with Crippen molar-refractivity contribution in [1.82, 2.24) is 10.2 Å². The van der Waals surface area contributed by atoms with Gasteiger partial charge < -0.3 is 5.32 Å². The summed E-state index contributed by atoms with van der Waals surface area (Å²) in [7, 11) is 0. The van der Waals surface area contributed by atoms with E-state index in [2.05, 4.69) is 37.2 Å². The van der Waals surface area contributed by atoms with Crippen LogP contribution in [0, 0.1) is 5.92 Å². The summed E-state index contributed by atoms with van der Waals surface area (Å²) in [4.78, 5) is 2.39. The average molecular weight is 252 g/mol. The van der Waals surface area contributed by atoms with E-state index in [-0.39, 0.29) is 0 Å². The Kier molecular flexibility index (Phi) is 12.4. The molecule has 0 unspecified atom stereocenters. The Labute approximate surface area is 114 Å². The molecule has 0 rings (SSSR count). The molecule has 0 aliphatic rings. The smallest absolute Gasteiger partial charge is 0.0163 e. The van der Waals surface area contributed by atoms with Crippen LogP contribution in [-0.2, 0) is 0 Å². The molecule has 0 aromatic rings. The summed E-state index contributed by atoms with van der Waals surface area (Å²) in [6.45, 7) is 17.5. The normalized spacial score (nSPS) is 11.1. The summed E-state index contributed by atoms with van der Waals surface area (Å²) < 4.78 is 0. The Morgan fingerprint density at radius 1 is 1.00 bits per heavy atom. The van der Waals surface area contributed by atoms with Crippen molar-refractivity contribution in [3.8, 4) is 0 Å². The third kappa shape index (κ3) is 11.9. The molecular formula is C16H32N2. The minimum atomic E-state index is 0.761. The van der Waals surface area contributed by atoms with Gasteiger partial charge in [0.2, 0.25) is 0 Å². The zero-order valence-electron chi connectivity index (χ0n) is 12.5. The van der Waals surface area contributed by atoms with Crippen molar-refractivity contribution in [2.24, 2.45) is 5.92 Å². The molecule has 1 N–H and O–H groups in total. The minimum absolute atomic E-state index is 0.761. The molecule has 0 fully saturated rings. The Morgan fingerprint density at radius 3 is 2.17 bits per heavy atom. The van der Waals surface area contributed by atoms with Gasteiger partial charge in [-0.3, -0.25) is 4.90 Å². The monoisotopic (exact) mass is 252 g/mol. The van der Waals surface area contributed by atoms with E-state index >= 15 is 0 Å². The lowest BCUT2D eigenvalue weighted by molar-refractivity contribution is 0.324. The molecule has 0 atom stereocenters. The predicted molar refractivity (Wildman–Crippen MR) is 83.0 cm³/mol. The second-order valence-corrected chi connectivity index (χ2v) is 5.35. The first-order chi connectivity index (χ1) is 8.70. The lowest BCUT2D eigenvalue weighted by Crippen LogP contribution is -2.25. The van der Waals surface area contributed by atoms with Gasteiger partial charge in [-0.05, 0) is 38.4 Å². The van der Waals surface area contributed by atoms with Crippen LogP contribution in [0.3, 0.4) is 0 Å². The van der Waals surface area contributed by atoms with Crippen LogP contribution in [0.5, 0.6) is 0 Å². The number of hydrogen-bond acceptors (Lipinski definition) is 2. The van der Waals surface area contributed by atoms with Gasteiger partial charge in [0, 0.05) is 13.1 Å². The fourth-order valence-electron chi connectivity index (χ4n) is 1.95. The number of unbranched alkanes of at least 4 members (excludes halogenated alkanes) is 3. The van der Waals surface area contributed by atoms with Gasteiger partial charge in [-0.25, -0.2) is 0 Å². The highest BCUT2D eigenvalue weighted by Gasteiger charge is 1.99. The molecule has 0 saturated heterocycles. The van der Waals surface area contributed by atoms with Crippen LogP contribution in [0.4, 0.5) is 0 Å². The van der Waals surface area contributed by atoms with Crippen LogP contribution in [-0.4, -0.2) is 37.6 Å². The van der Waals surface area contributed by atoms with Crippen molar-refractivity contribution in [3.05, 3.63) is 25.3 Å². The molecule has 0 aliphatic carbocycles. The van der Waals surface area contributed by atoms with Crippen molar-refractivity contribution < 1.29 is 0 Å². The maximum Gasteiger partial charge on any atom is 0.0163 e. The maximum atomic E-state index is 3.79. The second kappa shape index (κ2) is 12.8. The van der Waals surface area contributed by atoms with E-state index < -0.39 is 0 Å². The highest BCUT2D eigenvalue weighted by atomic mass is 15.1. The first-order valence-corrected chi connectivity index (χ1v) is 7.35. The molecular weight excluding hydrogens is 220 g/mol. The maximum absolute atomic E-state index is 3.79. The first kappa shape index (κ1) is 17.4. The van der Waals surface area contributed by atoms with Gasteiger partial charge in [0.1, 0.15) is 0 Å². The molecule has 0 heterocycles. The fraction of sp³-hybridized carbons (Fsp3) is 0.750. The van der Waals surface area contributed by atoms with Crippen molar-refractivity contribution in [1.29, 1.82) is 0 Å². The molecule has 0 spiro atoms. The summed E-state index contributed by atoms with van der Waals surface area (Å²) in [5.74, 6) is 0.761. The van der Waals surface area contributed by atoms with Crippen molar-refractivity contribution in [2.45, 2.75) is 39.5 Å². The number of hydrogen-bond donors (Lipinski definition) is 1. The van der Waals surface area contributed by atoms with E-state index in [9.17, 15) is 0 Å². The van der Waals surface area contributed by atoms with Crippen molar-refractivity contribution >= 4 is 0 Å². The SMILES string of the molecule is C=CCN(CC=C)CCCCCCNCC(C)C. The highest BCUT2D eigenvalue weighted by Crippen LogP contribution is 2.02. The highest BCUT2D eigenvalue weighted by molar-refractivity contribution is 4.79. The summed E-state index contributed by atoms with van der Waals surface area (Å²) in [6.07, 6.45) is 9.19. The molecule has 18 heavy (non-hydrogen) atoms. The van der Waals surface area contributed by atoms with Gasteiger partial charge >= 0.3 is 0 Å². The third-order valence-corrected chi connectivity index (χ3v) is 2.91. The molecule has 0 aromatic heterocycles. The van der Waals surface area contributed by atoms with E-state index in [1.54, 1.807) is 0 Å². The second-order valence-electron chi connectivity index (χ2n) is 5.35. The van der Waals surface area contributed by atoms with Crippen LogP contribution < -0.4 is 5.32 Å². The molecule has 0 radical (unpaired) electrons. The zero-order valence-corrected chi connectivity index (χ0v) is 12.5. The van der Waals surface area contributed by atoms with Crippen LogP contribution in [0.1, 0.15) is 39.5 Å². The standard InChI is InChI=1S/C16H32N2/c1-5-12-18(13-6-2)14-10-8-7-9-11-17-15-16(3)4/h5-6,16-17H,1-2,7-15H2,3-4H3. The number of nitrogens with one attached hydrogen (secondary N) is 1. The number of nitrogens with zero attached hydrogens (tertiary/aromatic N) is 1. The van der Waals surface area contributed by atoms with E-state index in [1.165, 1.54) is 32.2 Å². The molecule has 2 nitrogen and oxygen atoms in total. The van der Waals surface area contributed by atoms with Crippen LogP contribution >= 0.6 is 0 Å². The van der Waals surface area contributed by atoms with Crippen LogP contribution in [0.2, 0.25) is 0 Å². The fourth-order valence-corrected chi connectivity index (χ4v) is 1.95. The number of rotatable bonds is 13. The Balaban J connectivity index is 3.31. The summed E-state index contributed by atoms with van der Waals surface area (Å²) in [6, 6.07) is 0. The molecule has 0 amide bonds. The van der Waals surface area contributed by atoms with Gasteiger partial charge in [-0.2, -0.15) is 0 Å². The van der Waals surface area contributed by atoms with Gasteiger partial charge in [0.25, 0.3) is 0 Å². The predicted octanol–water partition coefficient (Wildman–Crippen LogP) is 3.47. The topological polar surface area (TPSA) is 15.3 Å². The minimum Gasteiger partial charge on any atom is -0.316 e. The van der Waals surface area contributed by atoms with Crippen molar-refractivity contribution in [3.63, 3.8) is 0 Å². The summed E-state index contributed by atoms with van der Waals surface area (Å²) in [5, 5.41) is 3.49. The van der Waals surface area contributed by atoms with Crippen LogP contribution in [0.25, 0.3) is 0 Å². The van der Waals surface area contributed by atoms with E-state index in [4.69, 9.17) is 0 Å². The third-order valence-electron chi connectivity index (χ3n) is 2.91. The first-order valence-electron chi connectivity index (χ1n) is 7.35. The molecule has 0 bridgehead atoms. The molecule has 0 aromatic carbocycles. The zero-order chi connectivity index (χ0) is 13.6. The molecule has 106 valence electrons. The van der Waals surface area contributed by atoms with Gasteiger partial charge in [0.15, 0.2) is 0 Å². The largest absolute Gasteiger partial charge is 0.316 e. The van der Waals surface area contributed by atoms with E-state index in [1.807, 2.05) is 12.2 Å². The Morgan fingerprint density at radius 2 is 1.61 bits per heavy atom. The summed E-state index contributed by atoms with van der Waals surface area (Å²) >= 11 is 0. The quantitative estimate of drug-likeness (QED) is 0.399. The average Bonchev–Trinajstić information content (AvgIpc) is 2.32. The molecule has 2 heteroatoms. The lowest BCUT2D eigenvalue weighted by Gasteiger charge is -2.18. The van der Waals surface area contributed by atoms with E-state index in [0.29, 0.717) is 0 Å². The van der Waals surface area contributed by atoms with Crippen molar-refractivity contribution in [2.75, 3.05) is 32.7 Å². The van der Waals surface area contributed by atoms with Gasteiger partial charge in [-0.1, -0.05) is 38.8 Å². The molecule has 0 aliphatic heterocycles. The lowest BCUT2D eigenvalue weighted by atomic mass is 10.1. The van der Waals surface area contributed by atoms with Gasteiger partial charge in [-0.15, -0.1) is 13.2 Å². The Hall–Kier alpha value is -0.600. The van der Waals surface area contributed by atoms with E-state index in [0.717, 1.165) is 32.1 Å². The van der Waals surface area contributed by atoms with Crippen LogP contribution in [0.15, 0.2) is 25.3 Å².